The summed E-state index contributed by atoms with van der Waals surface area (Å²) in [6.45, 7) is 0. The van der Waals surface area contributed by atoms with Gasteiger partial charge in [0.2, 0.25) is 0 Å². The fraction of sp³-hybridized carbons (Fsp3) is 0.533. The Balaban J connectivity index is 2.19. The molecule has 0 spiro atoms. The molecule has 0 atom stereocenters. The molecule has 3 heteroatoms. The fourth-order valence-electron chi connectivity index (χ4n) is 2.76. The van der Waals surface area contributed by atoms with Gasteiger partial charge in [-0.3, -0.25) is 4.79 Å². The number of aliphatic carboxylic acids is 1. The van der Waals surface area contributed by atoms with Crippen molar-refractivity contribution in [3.05, 3.63) is 28.8 Å². The SMILES string of the molecule is O=C(O)CCCc1c(O)ccc2c1CCCCC2. The Morgan fingerprint density at radius 3 is 2.72 bits per heavy atom. The fourth-order valence-corrected chi connectivity index (χ4v) is 2.76. The first-order valence-electron chi connectivity index (χ1n) is 6.73. The van der Waals surface area contributed by atoms with Crippen LogP contribution in [0, 0.1) is 0 Å². The lowest BCUT2D eigenvalue weighted by molar-refractivity contribution is -0.137. The molecule has 0 radical (unpaired) electrons. The largest absolute Gasteiger partial charge is 0.508 e. The van der Waals surface area contributed by atoms with Crippen LogP contribution in [0.2, 0.25) is 0 Å². The molecule has 2 rings (SSSR count). The summed E-state index contributed by atoms with van der Waals surface area (Å²) in [5.41, 5.74) is 3.60. The number of carbonyl (C=O) groups is 1. The van der Waals surface area contributed by atoms with Gasteiger partial charge in [-0.15, -0.1) is 0 Å². The first kappa shape index (κ1) is 12.9. The molecule has 98 valence electrons. The first-order chi connectivity index (χ1) is 8.68. The number of rotatable bonds is 4. The van der Waals surface area contributed by atoms with Crippen LogP contribution in [0.25, 0.3) is 0 Å². The Bertz CT molecular complexity index is 438. The second kappa shape index (κ2) is 5.89. The Labute approximate surface area is 107 Å². The molecule has 2 N–H and O–H groups in total. The molecular weight excluding hydrogens is 228 g/mol. The molecule has 3 nitrogen and oxygen atoms in total. The number of carboxylic acids is 1. The maximum atomic E-state index is 10.6. The van der Waals surface area contributed by atoms with E-state index < -0.39 is 5.97 Å². The van der Waals surface area contributed by atoms with Crippen molar-refractivity contribution in [3.63, 3.8) is 0 Å². The molecule has 1 aliphatic rings. The van der Waals surface area contributed by atoms with Gasteiger partial charge in [0.25, 0.3) is 0 Å². The van der Waals surface area contributed by atoms with Crippen molar-refractivity contribution in [3.8, 4) is 5.75 Å². The van der Waals surface area contributed by atoms with Crippen molar-refractivity contribution in [1.82, 2.24) is 0 Å². The second-order valence-electron chi connectivity index (χ2n) is 5.01. The zero-order valence-corrected chi connectivity index (χ0v) is 10.6. The number of fused-ring (bicyclic) bond motifs is 1. The minimum atomic E-state index is -0.767. The monoisotopic (exact) mass is 248 g/mol. The third-order valence-electron chi connectivity index (χ3n) is 3.69. The highest BCUT2D eigenvalue weighted by atomic mass is 16.4. The topological polar surface area (TPSA) is 57.5 Å². The molecule has 0 amide bonds. The summed E-state index contributed by atoms with van der Waals surface area (Å²) in [6, 6.07) is 3.79. The number of hydrogen-bond acceptors (Lipinski definition) is 2. The van der Waals surface area contributed by atoms with E-state index in [-0.39, 0.29) is 6.42 Å². The van der Waals surface area contributed by atoms with E-state index in [1.165, 1.54) is 30.4 Å². The lowest BCUT2D eigenvalue weighted by Crippen LogP contribution is -2.01. The van der Waals surface area contributed by atoms with Crippen molar-refractivity contribution < 1.29 is 15.0 Å². The number of aryl methyl sites for hydroxylation is 1. The van der Waals surface area contributed by atoms with Crippen LogP contribution in [0.15, 0.2) is 12.1 Å². The summed E-state index contributed by atoms with van der Waals surface area (Å²) >= 11 is 0. The summed E-state index contributed by atoms with van der Waals surface area (Å²) in [5, 5.41) is 18.7. The molecular formula is C15H20O3. The predicted molar refractivity (Wildman–Crippen MR) is 69.9 cm³/mol. The molecule has 0 bridgehead atoms. The number of benzene rings is 1. The summed E-state index contributed by atoms with van der Waals surface area (Å²) in [5.74, 6) is -0.433. The zero-order valence-electron chi connectivity index (χ0n) is 10.6. The predicted octanol–water partition coefficient (Wildman–Crippen LogP) is 3.07. The van der Waals surface area contributed by atoms with Crippen molar-refractivity contribution in [2.75, 3.05) is 0 Å². The van der Waals surface area contributed by atoms with Gasteiger partial charge in [-0.25, -0.2) is 0 Å². The molecule has 0 aliphatic heterocycles. The van der Waals surface area contributed by atoms with Crippen LogP contribution in [0.4, 0.5) is 0 Å². The number of phenols is 1. The van der Waals surface area contributed by atoms with E-state index in [2.05, 4.69) is 0 Å². The van der Waals surface area contributed by atoms with E-state index >= 15 is 0 Å². The van der Waals surface area contributed by atoms with Crippen LogP contribution in [-0.4, -0.2) is 16.2 Å². The van der Waals surface area contributed by atoms with Gasteiger partial charge in [-0.05, 0) is 61.3 Å². The van der Waals surface area contributed by atoms with Gasteiger partial charge < -0.3 is 10.2 Å². The molecule has 1 aliphatic carbocycles. The lowest BCUT2D eigenvalue weighted by atomic mass is 9.93. The van der Waals surface area contributed by atoms with Crippen LogP contribution in [0.1, 0.15) is 48.8 Å². The number of aromatic hydroxyl groups is 1. The summed E-state index contributed by atoms with van der Waals surface area (Å²) in [4.78, 5) is 10.6. The van der Waals surface area contributed by atoms with Crippen LogP contribution in [0.5, 0.6) is 5.75 Å². The van der Waals surface area contributed by atoms with Crippen molar-refractivity contribution in [2.45, 2.75) is 51.4 Å². The van der Waals surface area contributed by atoms with E-state index in [0.717, 1.165) is 18.4 Å². The third-order valence-corrected chi connectivity index (χ3v) is 3.69. The lowest BCUT2D eigenvalue weighted by Gasteiger charge is -2.14. The van der Waals surface area contributed by atoms with Crippen molar-refractivity contribution in [2.24, 2.45) is 0 Å². The van der Waals surface area contributed by atoms with Gasteiger partial charge in [0.15, 0.2) is 0 Å². The summed E-state index contributed by atoms with van der Waals surface area (Å²) in [6.07, 6.45) is 7.16. The zero-order chi connectivity index (χ0) is 13.0. The van der Waals surface area contributed by atoms with E-state index in [1.54, 1.807) is 6.07 Å². The molecule has 0 saturated heterocycles. The minimum absolute atomic E-state index is 0.170. The van der Waals surface area contributed by atoms with Gasteiger partial charge in [0.05, 0.1) is 0 Å². The molecule has 0 heterocycles. The second-order valence-corrected chi connectivity index (χ2v) is 5.01. The average Bonchev–Trinajstić information content (AvgIpc) is 2.57. The Kier molecular flexibility index (Phi) is 4.24. The standard InChI is InChI=1S/C15H20O3/c16-14-10-9-11-5-2-1-3-6-12(11)13(14)7-4-8-15(17)18/h9-10,16H,1-8H2,(H,17,18). The van der Waals surface area contributed by atoms with E-state index in [9.17, 15) is 9.90 Å². The van der Waals surface area contributed by atoms with Gasteiger partial charge in [0, 0.05) is 6.42 Å². The maximum Gasteiger partial charge on any atom is 0.303 e. The van der Waals surface area contributed by atoms with Gasteiger partial charge in [-0.1, -0.05) is 12.5 Å². The molecule has 18 heavy (non-hydrogen) atoms. The Morgan fingerprint density at radius 1 is 1.17 bits per heavy atom. The molecule has 0 fully saturated rings. The van der Waals surface area contributed by atoms with Crippen LogP contribution < -0.4 is 0 Å². The van der Waals surface area contributed by atoms with E-state index in [1.807, 2.05) is 6.07 Å². The van der Waals surface area contributed by atoms with Crippen LogP contribution in [0.3, 0.4) is 0 Å². The van der Waals surface area contributed by atoms with Gasteiger partial charge >= 0.3 is 5.97 Å². The van der Waals surface area contributed by atoms with Gasteiger partial charge in [-0.2, -0.15) is 0 Å². The Morgan fingerprint density at radius 2 is 1.94 bits per heavy atom. The highest BCUT2D eigenvalue weighted by molar-refractivity contribution is 5.66. The van der Waals surface area contributed by atoms with Crippen molar-refractivity contribution >= 4 is 5.97 Å². The number of hydrogen-bond donors (Lipinski definition) is 2. The summed E-state index contributed by atoms with van der Waals surface area (Å²) < 4.78 is 0. The van der Waals surface area contributed by atoms with E-state index in [0.29, 0.717) is 18.6 Å². The summed E-state index contributed by atoms with van der Waals surface area (Å²) in [7, 11) is 0. The molecule has 0 unspecified atom stereocenters. The van der Waals surface area contributed by atoms with Gasteiger partial charge in [0.1, 0.15) is 5.75 Å². The van der Waals surface area contributed by atoms with Crippen LogP contribution in [-0.2, 0) is 24.1 Å². The highest BCUT2D eigenvalue weighted by Crippen LogP contribution is 2.30. The molecule has 0 aromatic heterocycles. The van der Waals surface area contributed by atoms with Crippen molar-refractivity contribution in [1.29, 1.82) is 0 Å². The van der Waals surface area contributed by atoms with E-state index in [4.69, 9.17) is 5.11 Å². The molecule has 0 saturated carbocycles. The normalized spacial score (nSPS) is 14.9. The first-order valence-corrected chi connectivity index (χ1v) is 6.73. The average molecular weight is 248 g/mol. The minimum Gasteiger partial charge on any atom is -0.508 e. The quantitative estimate of drug-likeness (QED) is 0.805. The smallest absolute Gasteiger partial charge is 0.303 e. The maximum absolute atomic E-state index is 10.6. The molecule has 1 aromatic carbocycles. The third kappa shape index (κ3) is 3.03. The van der Waals surface area contributed by atoms with Crippen LogP contribution >= 0.6 is 0 Å². The highest BCUT2D eigenvalue weighted by Gasteiger charge is 2.15. The molecule has 1 aromatic rings. The number of phenolic OH excluding ortho intramolecular Hbond substituents is 1. The Hall–Kier alpha value is -1.51. The number of carboxylic acid groups (broad SMARTS) is 1.